The molecule has 0 amide bonds. The molecule has 9 nitrogen and oxygen atoms in total. The Hall–Kier alpha value is -3.18. The third-order valence-electron chi connectivity index (χ3n) is 6.68. The highest BCUT2D eigenvalue weighted by Gasteiger charge is 2.51. The maximum atomic E-state index is 14.9. The SMILES string of the molecule is COCC(C)CNc1ncc(Cl)c(Nc2ccc3c(c2)c2c(c(=O)n3C)OCC(F)(F)[C@H](C3CC3)N2)n1. The topological polar surface area (TPSA) is 102 Å². The Kier molecular flexibility index (Phi) is 6.84. The average molecular weight is 535 g/mol. The summed E-state index contributed by atoms with van der Waals surface area (Å²) in [5.74, 6) is -2.35. The zero-order chi connectivity index (χ0) is 26.3. The van der Waals surface area contributed by atoms with E-state index >= 15 is 0 Å². The minimum Gasteiger partial charge on any atom is -0.480 e. The molecule has 1 aliphatic carbocycles. The second kappa shape index (κ2) is 9.94. The number of benzene rings is 1. The Balaban J connectivity index is 1.49. The minimum atomic E-state index is -3.11. The van der Waals surface area contributed by atoms with Gasteiger partial charge in [0, 0.05) is 31.8 Å². The van der Waals surface area contributed by atoms with Gasteiger partial charge in [-0.2, -0.15) is 4.98 Å². The van der Waals surface area contributed by atoms with Crippen molar-refractivity contribution < 1.29 is 18.3 Å². The van der Waals surface area contributed by atoms with Gasteiger partial charge in [-0.15, -0.1) is 0 Å². The maximum Gasteiger partial charge on any atom is 0.301 e. The molecule has 1 fully saturated rings. The van der Waals surface area contributed by atoms with Crippen molar-refractivity contribution in [1.82, 2.24) is 14.5 Å². The van der Waals surface area contributed by atoms with Gasteiger partial charge in [0.15, 0.2) is 12.4 Å². The molecule has 5 rings (SSSR count). The van der Waals surface area contributed by atoms with Gasteiger partial charge in [-0.3, -0.25) is 4.79 Å². The van der Waals surface area contributed by atoms with E-state index in [1.807, 2.05) is 6.92 Å². The molecule has 2 aromatic heterocycles. The van der Waals surface area contributed by atoms with E-state index in [0.717, 1.165) is 0 Å². The Morgan fingerprint density at radius 2 is 2.16 bits per heavy atom. The lowest BCUT2D eigenvalue weighted by atomic mass is 10.0. The number of halogens is 3. The number of aromatic nitrogens is 3. The number of aryl methyl sites for hydroxylation is 1. The van der Waals surface area contributed by atoms with Gasteiger partial charge in [0.25, 0.3) is 5.56 Å². The molecule has 1 saturated carbocycles. The molecule has 0 radical (unpaired) electrons. The molecule has 198 valence electrons. The molecular weight excluding hydrogens is 506 g/mol. The minimum absolute atomic E-state index is 0.105. The second-order valence-corrected chi connectivity index (χ2v) is 10.2. The zero-order valence-electron chi connectivity index (χ0n) is 20.8. The number of methoxy groups -OCH3 is 1. The molecule has 3 heterocycles. The quantitative estimate of drug-likeness (QED) is 0.384. The van der Waals surface area contributed by atoms with Gasteiger partial charge in [-0.25, -0.2) is 13.8 Å². The van der Waals surface area contributed by atoms with Crippen molar-refractivity contribution in [3.8, 4) is 5.75 Å². The third kappa shape index (κ3) is 5.15. The van der Waals surface area contributed by atoms with E-state index in [-0.39, 0.29) is 23.3 Å². The Labute approximate surface area is 217 Å². The zero-order valence-corrected chi connectivity index (χ0v) is 21.5. The first-order valence-corrected chi connectivity index (χ1v) is 12.5. The monoisotopic (exact) mass is 534 g/mol. The summed E-state index contributed by atoms with van der Waals surface area (Å²) in [7, 11) is 3.24. The van der Waals surface area contributed by atoms with E-state index in [2.05, 4.69) is 25.9 Å². The average Bonchev–Trinajstić information content (AvgIpc) is 3.71. The summed E-state index contributed by atoms with van der Waals surface area (Å²) in [4.78, 5) is 21.7. The van der Waals surface area contributed by atoms with Crippen molar-refractivity contribution in [1.29, 1.82) is 0 Å². The molecule has 1 aromatic carbocycles. The van der Waals surface area contributed by atoms with Crippen molar-refractivity contribution in [3.05, 3.63) is 39.8 Å². The number of ether oxygens (including phenoxy) is 2. The van der Waals surface area contributed by atoms with Crippen LogP contribution in [0, 0.1) is 11.8 Å². The standard InChI is InChI=1S/C25H29ClF2N6O3/c1-13(11-36-3)9-29-24-30-10-17(26)22(33-24)31-15-6-7-18-16(8-15)19-20(23(35)34(18)2)37-12-25(27,28)21(32-19)14-4-5-14/h6-8,10,13-14,21,32H,4-5,9,11-12H2,1-3H3,(H2,29,30,31,33)/t13?,21-/m0/s1. The molecule has 3 aromatic rings. The van der Waals surface area contributed by atoms with Crippen LogP contribution < -0.4 is 26.2 Å². The number of alkyl halides is 2. The van der Waals surface area contributed by atoms with Gasteiger partial charge < -0.3 is 30.0 Å². The summed E-state index contributed by atoms with van der Waals surface area (Å²) < 4.78 is 41.7. The van der Waals surface area contributed by atoms with Crippen LogP contribution in [0.2, 0.25) is 5.02 Å². The highest BCUT2D eigenvalue weighted by Crippen LogP contribution is 2.45. The van der Waals surface area contributed by atoms with Crippen LogP contribution in [0.5, 0.6) is 5.75 Å². The van der Waals surface area contributed by atoms with Gasteiger partial charge in [-0.05, 0) is 42.9 Å². The first kappa shape index (κ1) is 25.5. The second-order valence-electron chi connectivity index (χ2n) is 9.77. The first-order chi connectivity index (χ1) is 17.7. The van der Waals surface area contributed by atoms with E-state index in [9.17, 15) is 13.6 Å². The van der Waals surface area contributed by atoms with Crippen LogP contribution in [0.4, 0.5) is 31.9 Å². The molecule has 0 saturated heterocycles. The molecule has 0 spiro atoms. The number of hydrogen-bond acceptors (Lipinski definition) is 8. The normalized spacial score (nSPS) is 19.4. The van der Waals surface area contributed by atoms with Crippen molar-refractivity contribution >= 4 is 45.6 Å². The molecule has 37 heavy (non-hydrogen) atoms. The van der Waals surface area contributed by atoms with Crippen LogP contribution in [0.25, 0.3) is 10.9 Å². The smallest absolute Gasteiger partial charge is 0.301 e. The summed E-state index contributed by atoms with van der Waals surface area (Å²) in [5, 5.41) is 10.2. The van der Waals surface area contributed by atoms with Crippen molar-refractivity contribution in [2.45, 2.75) is 31.7 Å². The van der Waals surface area contributed by atoms with Crippen LogP contribution in [0.3, 0.4) is 0 Å². The first-order valence-electron chi connectivity index (χ1n) is 12.1. The van der Waals surface area contributed by atoms with Crippen LogP contribution in [-0.4, -0.2) is 53.4 Å². The Bertz CT molecular complexity index is 1380. The van der Waals surface area contributed by atoms with Crippen molar-refractivity contribution in [2.24, 2.45) is 18.9 Å². The molecule has 0 bridgehead atoms. The van der Waals surface area contributed by atoms with Crippen molar-refractivity contribution in [3.63, 3.8) is 0 Å². The molecule has 2 atom stereocenters. The summed E-state index contributed by atoms with van der Waals surface area (Å²) in [5.41, 5.74) is 0.987. The maximum absolute atomic E-state index is 14.9. The third-order valence-corrected chi connectivity index (χ3v) is 6.95. The Morgan fingerprint density at radius 1 is 1.38 bits per heavy atom. The highest BCUT2D eigenvalue weighted by atomic mass is 35.5. The summed E-state index contributed by atoms with van der Waals surface area (Å²) in [6.07, 6.45) is 2.92. The number of fused-ring (bicyclic) bond motifs is 3. The molecular formula is C25H29ClF2N6O3. The number of anilines is 4. The highest BCUT2D eigenvalue weighted by molar-refractivity contribution is 6.32. The summed E-state index contributed by atoms with van der Waals surface area (Å²) in [6.45, 7) is 2.41. The lowest BCUT2D eigenvalue weighted by Gasteiger charge is -2.25. The predicted octanol–water partition coefficient (Wildman–Crippen LogP) is 4.64. The van der Waals surface area contributed by atoms with E-state index in [0.29, 0.717) is 59.4 Å². The van der Waals surface area contributed by atoms with E-state index in [1.54, 1.807) is 32.4 Å². The number of hydrogen-bond donors (Lipinski definition) is 3. The van der Waals surface area contributed by atoms with E-state index in [4.69, 9.17) is 21.1 Å². The van der Waals surface area contributed by atoms with E-state index < -0.39 is 24.1 Å². The fraction of sp³-hybridized carbons (Fsp3) is 0.480. The fourth-order valence-corrected chi connectivity index (χ4v) is 4.71. The lowest BCUT2D eigenvalue weighted by Crippen LogP contribution is -2.44. The molecule has 1 aliphatic heterocycles. The summed E-state index contributed by atoms with van der Waals surface area (Å²) >= 11 is 6.36. The predicted molar refractivity (Wildman–Crippen MR) is 140 cm³/mol. The molecule has 3 N–H and O–H groups in total. The molecule has 12 heteroatoms. The lowest BCUT2D eigenvalue weighted by molar-refractivity contribution is -0.0579. The summed E-state index contributed by atoms with van der Waals surface area (Å²) in [6, 6.07) is 4.18. The van der Waals surface area contributed by atoms with Crippen LogP contribution in [0.1, 0.15) is 19.8 Å². The van der Waals surface area contributed by atoms with Gasteiger partial charge >= 0.3 is 5.92 Å². The van der Waals surface area contributed by atoms with Gasteiger partial charge in [0.1, 0.15) is 5.02 Å². The van der Waals surface area contributed by atoms with Gasteiger partial charge in [0.05, 0.1) is 30.0 Å². The van der Waals surface area contributed by atoms with Crippen molar-refractivity contribution in [2.75, 3.05) is 42.8 Å². The number of pyridine rings is 1. The van der Waals surface area contributed by atoms with Gasteiger partial charge in [-0.1, -0.05) is 18.5 Å². The Morgan fingerprint density at radius 3 is 2.89 bits per heavy atom. The molecule has 2 aliphatic rings. The number of nitrogens with zero attached hydrogens (tertiary/aromatic N) is 3. The van der Waals surface area contributed by atoms with Gasteiger partial charge in [0.2, 0.25) is 11.7 Å². The van der Waals surface area contributed by atoms with Crippen LogP contribution >= 0.6 is 11.6 Å². The van der Waals surface area contributed by atoms with E-state index in [1.165, 1.54) is 10.8 Å². The van der Waals surface area contributed by atoms with Crippen LogP contribution in [-0.2, 0) is 11.8 Å². The number of nitrogens with one attached hydrogen (secondary N) is 3. The molecule has 1 unspecified atom stereocenters. The van der Waals surface area contributed by atoms with Crippen LogP contribution in [0.15, 0.2) is 29.2 Å². The largest absolute Gasteiger partial charge is 0.480 e. The number of rotatable bonds is 8. The fourth-order valence-electron chi connectivity index (χ4n) is 4.57.